The number of carbonyl (C=O) groups excluding carboxylic acids is 1. The van der Waals surface area contributed by atoms with Crippen molar-refractivity contribution in [3.05, 3.63) is 18.5 Å². The summed E-state index contributed by atoms with van der Waals surface area (Å²) >= 11 is 0. The number of likely N-dealkylation sites (tertiary alicyclic amines) is 1. The Morgan fingerprint density at radius 2 is 2.15 bits per heavy atom. The number of hydrogen-bond donors (Lipinski definition) is 0. The lowest BCUT2D eigenvalue weighted by Gasteiger charge is -2.53. The Labute approximate surface area is 157 Å². The molecule has 3 aliphatic heterocycles. The summed E-state index contributed by atoms with van der Waals surface area (Å²) in [4.78, 5) is 16.3. The number of amides is 1. The van der Waals surface area contributed by atoms with E-state index < -0.39 is 0 Å². The molecule has 1 amide bonds. The van der Waals surface area contributed by atoms with Crippen molar-refractivity contribution in [1.29, 1.82) is 0 Å². The lowest BCUT2D eigenvalue weighted by molar-refractivity contribution is -0.157. The Hall–Kier alpha value is -2.26. The Morgan fingerprint density at radius 3 is 3.00 bits per heavy atom. The number of hydrogen-bond acceptors (Lipinski definition) is 7. The van der Waals surface area contributed by atoms with E-state index in [0.717, 1.165) is 63.3 Å². The average molecular weight is 372 g/mol. The van der Waals surface area contributed by atoms with Crippen LogP contribution in [0.5, 0.6) is 0 Å². The van der Waals surface area contributed by atoms with Gasteiger partial charge in [-0.1, -0.05) is 0 Å². The molecule has 2 aromatic rings. The van der Waals surface area contributed by atoms with Gasteiger partial charge in [-0.2, -0.15) is 4.52 Å². The van der Waals surface area contributed by atoms with Crippen LogP contribution in [-0.2, 0) is 14.3 Å². The average Bonchev–Trinajstić information content (AvgIpc) is 3.35. The fraction of sp³-hybridized carbons (Fsp3) is 0.667. The van der Waals surface area contributed by atoms with Gasteiger partial charge in [0.05, 0.1) is 19.2 Å². The highest BCUT2D eigenvalue weighted by molar-refractivity contribution is 5.77. The fourth-order valence-electron chi connectivity index (χ4n) is 4.29. The zero-order chi connectivity index (χ0) is 18.3. The zero-order valence-electron chi connectivity index (χ0n) is 15.3. The van der Waals surface area contributed by atoms with Gasteiger partial charge in [0.1, 0.15) is 24.4 Å². The molecule has 0 radical (unpaired) electrons. The third-order valence-corrected chi connectivity index (χ3v) is 5.78. The minimum atomic E-state index is -0.191. The maximum atomic E-state index is 12.2. The fourth-order valence-corrected chi connectivity index (χ4v) is 4.29. The summed E-state index contributed by atoms with van der Waals surface area (Å²) in [7, 11) is 0. The minimum Gasteiger partial charge on any atom is -0.371 e. The third kappa shape index (κ3) is 3.25. The van der Waals surface area contributed by atoms with Gasteiger partial charge in [0.25, 0.3) is 0 Å². The molecule has 0 aromatic carbocycles. The molecule has 0 aliphatic carbocycles. The predicted molar refractivity (Wildman–Crippen MR) is 96.5 cm³/mol. The number of rotatable bonds is 4. The topological polar surface area (TPSA) is 85.1 Å². The molecule has 144 valence electrons. The van der Waals surface area contributed by atoms with Crippen LogP contribution in [-0.4, -0.2) is 81.7 Å². The summed E-state index contributed by atoms with van der Waals surface area (Å²) in [5, 5.41) is 12.4. The highest BCUT2D eigenvalue weighted by Crippen LogP contribution is 2.37. The van der Waals surface area contributed by atoms with Crippen molar-refractivity contribution in [3.8, 4) is 0 Å². The molecule has 9 nitrogen and oxygen atoms in total. The summed E-state index contributed by atoms with van der Waals surface area (Å²) < 4.78 is 13.7. The Bertz CT molecular complexity index is 827. The molecule has 3 fully saturated rings. The second kappa shape index (κ2) is 6.72. The summed E-state index contributed by atoms with van der Waals surface area (Å²) in [6.07, 6.45) is 5.58. The maximum absolute atomic E-state index is 12.2. The number of carbonyl (C=O) groups is 1. The molecule has 5 heterocycles. The first-order valence-electron chi connectivity index (χ1n) is 9.66. The SMILES string of the molecule is O=C(CO[C@H]1CCOC2(C1)CN(c1ccc3nncn3n1)C2)N1CCCC1. The van der Waals surface area contributed by atoms with E-state index in [9.17, 15) is 4.79 Å². The van der Waals surface area contributed by atoms with Crippen LogP contribution in [0.2, 0.25) is 0 Å². The minimum absolute atomic E-state index is 0.0840. The van der Waals surface area contributed by atoms with Gasteiger partial charge in [0.15, 0.2) is 5.65 Å². The molecule has 2 aromatic heterocycles. The van der Waals surface area contributed by atoms with Crippen LogP contribution in [0.25, 0.3) is 5.65 Å². The van der Waals surface area contributed by atoms with E-state index in [2.05, 4.69) is 20.2 Å². The van der Waals surface area contributed by atoms with Gasteiger partial charge in [-0.05, 0) is 31.4 Å². The molecule has 3 saturated heterocycles. The number of fused-ring (bicyclic) bond motifs is 1. The predicted octanol–water partition coefficient (Wildman–Crippen LogP) is 0.501. The van der Waals surface area contributed by atoms with Crippen LogP contribution < -0.4 is 4.90 Å². The highest BCUT2D eigenvalue weighted by atomic mass is 16.5. The number of ether oxygens (including phenoxy) is 2. The molecule has 5 rings (SSSR count). The van der Waals surface area contributed by atoms with Crippen LogP contribution in [0.15, 0.2) is 18.5 Å². The molecule has 9 heteroatoms. The highest BCUT2D eigenvalue weighted by Gasteiger charge is 2.48. The van der Waals surface area contributed by atoms with Crippen LogP contribution in [0, 0.1) is 0 Å². The van der Waals surface area contributed by atoms with Gasteiger partial charge in [0.2, 0.25) is 5.91 Å². The molecular formula is C18H24N6O3. The first-order chi connectivity index (χ1) is 13.2. The Morgan fingerprint density at radius 1 is 1.30 bits per heavy atom. The van der Waals surface area contributed by atoms with E-state index >= 15 is 0 Å². The molecule has 1 atom stereocenters. The van der Waals surface area contributed by atoms with E-state index in [1.807, 2.05) is 17.0 Å². The summed E-state index contributed by atoms with van der Waals surface area (Å²) in [6, 6.07) is 3.88. The number of aromatic nitrogens is 4. The van der Waals surface area contributed by atoms with Gasteiger partial charge in [-0.3, -0.25) is 4.79 Å². The van der Waals surface area contributed by atoms with Crippen LogP contribution in [0.3, 0.4) is 0 Å². The summed E-state index contributed by atoms with van der Waals surface area (Å²) in [6.45, 7) is 4.18. The maximum Gasteiger partial charge on any atom is 0.248 e. The Kier molecular flexibility index (Phi) is 4.20. The van der Waals surface area contributed by atoms with E-state index in [0.29, 0.717) is 6.61 Å². The Balaban J connectivity index is 1.16. The molecule has 3 aliphatic rings. The molecule has 0 unspecified atom stereocenters. The van der Waals surface area contributed by atoms with Gasteiger partial charge in [-0.25, -0.2) is 0 Å². The first kappa shape index (κ1) is 16.9. The summed E-state index contributed by atoms with van der Waals surface area (Å²) in [5.41, 5.74) is 0.544. The van der Waals surface area contributed by atoms with Gasteiger partial charge < -0.3 is 19.3 Å². The number of anilines is 1. The van der Waals surface area contributed by atoms with Crippen molar-refractivity contribution in [2.75, 3.05) is 44.3 Å². The van der Waals surface area contributed by atoms with E-state index in [-0.39, 0.29) is 24.2 Å². The van der Waals surface area contributed by atoms with Crippen molar-refractivity contribution in [2.45, 2.75) is 37.4 Å². The van der Waals surface area contributed by atoms with E-state index in [4.69, 9.17) is 9.47 Å². The van der Waals surface area contributed by atoms with Crippen molar-refractivity contribution >= 4 is 17.4 Å². The van der Waals surface area contributed by atoms with Gasteiger partial charge in [-0.15, -0.1) is 15.3 Å². The standard InChI is InChI=1S/C18H24N6O3/c25-17(22-6-1-2-7-22)10-26-14-5-8-27-18(9-14)11-23(12-18)16-4-3-15-20-19-13-24(15)21-16/h3-4,13-14H,1-2,5-12H2/t14-/m0/s1. The molecular weight excluding hydrogens is 348 g/mol. The van der Waals surface area contributed by atoms with Crippen molar-refractivity contribution < 1.29 is 14.3 Å². The lowest BCUT2D eigenvalue weighted by Crippen LogP contribution is -2.66. The van der Waals surface area contributed by atoms with Crippen LogP contribution in [0.4, 0.5) is 5.82 Å². The van der Waals surface area contributed by atoms with Crippen LogP contribution >= 0.6 is 0 Å². The van der Waals surface area contributed by atoms with Crippen LogP contribution in [0.1, 0.15) is 25.7 Å². The molecule has 27 heavy (non-hydrogen) atoms. The van der Waals surface area contributed by atoms with Gasteiger partial charge >= 0.3 is 0 Å². The lowest BCUT2D eigenvalue weighted by atomic mass is 9.84. The molecule has 0 N–H and O–H groups in total. The second-order valence-corrected chi connectivity index (χ2v) is 7.73. The zero-order valence-corrected chi connectivity index (χ0v) is 15.3. The first-order valence-corrected chi connectivity index (χ1v) is 9.66. The molecule has 0 saturated carbocycles. The monoisotopic (exact) mass is 372 g/mol. The van der Waals surface area contributed by atoms with Crippen molar-refractivity contribution in [2.24, 2.45) is 0 Å². The van der Waals surface area contributed by atoms with Gasteiger partial charge in [0, 0.05) is 26.1 Å². The summed E-state index contributed by atoms with van der Waals surface area (Å²) in [5.74, 6) is 1.01. The number of nitrogens with zero attached hydrogens (tertiary/aromatic N) is 6. The largest absolute Gasteiger partial charge is 0.371 e. The molecule has 0 bridgehead atoms. The molecule has 1 spiro atoms. The normalized spacial score (nSPS) is 24.5. The third-order valence-electron chi connectivity index (χ3n) is 5.78. The second-order valence-electron chi connectivity index (χ2n) is 7.73. The van der Waals surface area contributed by atoms with E-state index in [1.165, 1.54) is 0 Å². The van der Waals surface area contributed by atoms with E-state index in [1.54, 1.807) is 10.8 Å². The quantitative estimate of drug-likeness (QED) is 0.773. The van der Waals surface area contributed by atoms with Crippen molar-refractivity contribution in [1.82, 2.24) is 24.7 Å². The van der Waals surface area contributed by atoms with Crippen molar-refractivity contribution in [3.63, 3.8) is 0 Å². The smallest absolute Gasteiger partial charge is 0.248 e.